The van der Waals surface area contributed by atoms with Crippen LogP contribution in [-0.2, 0) is 9.59 Å². The third kappa shape index (κ3) is 5.72. The molecule has 0 unspecified atom stereocenters. The van der Waals surface area contributed by atoms with Crippen molar-refractivity contribution >= 4 is 11.6 Å². The second-order valence-corrected chi connectivity index (χ2v) is 3.57. The number of halogens is 3. The summed E-state index contributed by atoms with van der Waals surface area (Å²) in [5, 5.41) is 0. The van der Waals surface area contributed by atoms with E-state index in [9.17, 15) is 22.8 Å². The number of hydrogen-bond acceptors (Lipinski definition) is 2. The van der Waals surface area contributed by atoms with Crippen LogP contribution in [0.5, 0.6) is 0 Å². The quantitative estimate of drug-likeness (QED) is 0.653. The lowest BCUT2D eigenvalue weighted by Gasteiger charge is -2.05. The van der Waals surface area contributed by atoms with Crippen LogP contribution in [-0.4, -0.2) is 17.7 Å². The first kappa shape index (κ1) is 13.1. The van der Waals surface area contributed by atoms with Gasteiger partial charge in [0, 0.05) is 6.42 Å². The highest BCUT2D eigenvalue weighted by Crippen LogP contribution is 2.18. The SMILES string of the molecule is CC(C)CCC(=O)CC(=O)C(F)(F)F. The monoisotopic (exact) mass is 210 g/mol. The van der Waals surface area contributed by atoms with E-state index in [-0.39, 0.29) is 12.3 Å². The lowest BCUT2D eigenvalue weighted by molar-refractivity contribution is -0.171. The van der Waals surface area contributed by atoms with Crippen molar-refractivity contribution in [2.45, 2.75) is 39.3 Å². The van der Waals surface area contributed by atoms with E-state index in [2.05, 4.69) is 0 Å². The Bertz CT molecular complexity index is 219. The van der Waals surface area contributed by atoms with Crippen LogP contribution in [0, 0.1) is 5.92 Å². The highest BCUT2D eigenvalue weighted by atomic mass is 19.4. The maximum Gasteiger partial charge on any atom is 0.450 e. The standard InChI is InChI=1S/C9H13F3O2/c1-6(2)3-4-7(13)5-8(14)9(10,11)12/h6H,3-5H2,1-2H3. The minimum Gasteiger partial charge on any atom is -0.299 e. The van der Waals surface area contributed by atoms with Crippen molar-refractivity contribution in [1.29, 1.82) is 0 Å². The largest absolute Gasteiger partial charge is 0.450 e. The zero-order valence-corrected chi connectivity index (χ0v) is 8.15. The van der Waals surface area contributed by atoms with Crippen molar-refractivity contribution in [2.24, 2.45) is 5.92 Å². The van der Waals surface area contributed by atoms with E-state index in [1.807, 2.05) is 13.8 Å². The summed E-state index contributed by atoms with van der Waals surface area (Å²) >= 11 is 0. The van der Waals surface area contributed by atoms with Gasteiger partial charge in [0.2, 0.25) is 5.78 Å². The molecule has 0 rings (SSSR count). The Balaban J connectivity index is 3.90. The van der Waals surface area contributed by atoms with Gasteiger partial charge in [0.05, 0.1) is 6.42 Å². The Morgan fingerprint density at radius 2 is 1.71 bits per heavy atom. The minimum absolute atomic E-state index is 0.0412. The van der Waals surface area contributed by atoms with Gasteiger partial charge < -0.3 is 0 Å². The Morgan fingerprint density at radius 1 is 1.21 bits per heavy atom. The van der Waals surface area contributed by atoms with E-state index in [1.54, 1.807) is 0 Å². The number of ketones is 2. The molecule has 0 spiro atoms. The molecule has 0 bridgehead atoms. The molecule has 0 aromatic rings. The van der Waals surface area contributed by atoms with Gasteiger partial charge in [0.25, 0.3) is 0 Å². The third-order valence-electron chi connectivity index (χ3n) is 1.67. The number of Topliss-reactive ketones (excluding diaryl/α,β-unsaturated/α-hetero) is 2. The van der Waals surface area contributed by atoms with Gasteiger partial charge in [0.1, 0.15) is 5.78 Å². The predicted octanol–water partition coefficient (Wildman–Crippen LogP) is 2.51. The number of carbonyl (C=O) groups excluding carboxylic acids is 2. The minimum atomic E-state index is -4.88. The summed E-state index contributed by atoms with van der Waals surface area (Å²) in [7, 11) is 0. The van der Waals surface area contributed by atoms with Gasteiger partial charge in [-0.2, -0.15) is 13.2 Å². The van der Waals surface area contributed by atoms with Crippen LogP contribution in [0.15, 0.2) is 0 Å². The second-order valence-electron chi connectivity index (χ2n) is 3.57. The highest BCUT2D eigenvalue weighted by molar-refractivity contribution is 6.01. The van der Waals surface area contributed by atoms with Gasteiger partial charge in [-0.05, 0) is 12.3 Å². The van der Waals surface area contributed by atoms with E-state index >= 15 is 0 Å². The average Bonchev–Trinajstić information content (AvgIpc) is 1.99. The molecule has 2 nitrogen and oxygen atoms in total. The maximum absolute atomic E-state index is 11.7. The Hall–Kier alpha value is -0.870. The number of hydrogen-bond donors (Lipinski definition) is 0. The molecule has 0 saturated heterocycles. The molecule has 0 aromatic carbocycles. The van der Waals surface area contributed by atoms with E-state index < -0.39 is 24.2 Å². The maximum atomic E-state index is 11.7. The summed E-state index contributed by atoms with van der Waals surface area (Å²) in [5.74, 6) is -2.34. The smallest absolute Gasteiger partial charge is 0.299 e. The van der Waals surface area contributed by atoms with Gasteiger partial charge >= 0.3 is 6.18 Å². The van der Waals surface area contributed by atoms with Gasteiger partial charge in [-0.15, -0.1) is 0 Å². The van der Waals surface area contributed by atoms with Crippen molar-refractivity contribution in [1.82, 2.24) is 0 Å². The van der Waals surface area contributed by atoms with Crippen molar-refractivity contribution < 1.29 is 22.8 Å². The van der Waals surface area contributed by atoms with E-state index in [0.717, 1.165) is 0 Å². The Labute approximate surface area is 80.5 Å². The van der Waals surface area contributed by atoms with Gasteiger partial charge in [0.15, 0.2) is 0 Å². The Kier molecular flexibility index (Phi) is 4.80. The summed E-state index contributed by atoms with van der Waals surface area (Å²) < 4.78 is 35.1. The van der Waals surface area contributed by atoms with Crippen molar-refractivity contribution in [3.05, 3.63) is 0 Å². The van der Waals surface area contributed by atoms with Crippen LogP contribution >= 0.6 is 0 Å². The summed E-state index contributed by atoms with van der Waals surface area (Å²) in [6, 6.07) is 0. The molecule has 5 heteroatoms. The number of rotatable bonds is 5. The number of carbonyl (C=O) groups is 2. The second kappa shape index (κ2) is 5.12. The van der Waals surface area contributed by atoms with Crippen molar-refractivity contribution in [3.63, 3.8) is 0 Å². The molecule has 0 aliphatic carbocycles. The summed E-state index contributed by atoms with van der Waals surface area (Å²) in [5.41, 5.74) is 0. The van der Waals surface area contributed by atoms with Crippen molar-refractivity contribution in [2.75, 3.05) is 0 Å². The molecule has 82 valence electrons. The van der Waals surface area contributed by atoms with Gasteiger partial charge in [-0.25, -0.2) is 0 Å². The summed E-state index contributed by atoms with van der Waals surface area (Å²) in [6.45, 7) is 3.72. The molecule has 14 heavy (non-hydrogen) atoms. The van der Waals surface area contributed by atoms with Crippen LogP contribution in [0.2, 0.25) is 0 Å². The molecule has 0 fully saturated rings. The fourth-order valence-electron chi connectivity index (χ4n) is 0.817. The fraction of sp³-hybridized carbons (Fsp3) is 0.778. The molecular formula is C9H13F3O2. The van der Waals surface area contributed by atoms with Crippen LogP contribution < -0.4 is 0 Å². The number of alkyl halides is 3. The zero-order chi connectivity index (χ0) is 11.4. The molecule has 0 aliphatic rings. The van der Waals surface area contributed by atoms with Crippen LogP contribution in [0.1, 0.15) is 33.1 Å². The van der Waals surface area contributed by atoms with Crippen LogP contribution in [0.4, 0.5) is 13.2 Å². The molecule has 0 N–H and O–H groups in total. The Morgan fingerprint density at radius 3 is 2.07 bits per heavy atom. The lowest BCUT2D eigenvalue weighted by Crippen LogP contribution is -2.25. The topological polar surface area (TPSA) is 34.1 Å². The molecule has 0 radical (unpaired) electrons. The molecule has 0 saturated carbocycles. The first-order chi connectivity index (χ1) is 6.23. The van der Waals surface area contributed by atoms with Crippen LogP contribution in [0.3, 0.4) is 0 Å². The fourth-order valence-corrected chi connectivity index (χ4v) is 0.817. The predicted molar refractivity (Wildman–Crippen MR) is 44.8 cm³/mol. The van der Waals surface area contributed by atoms with Gasteiger partial charge in [-0.1, -0.05) is 13.8 Å². The average molecular weight is 210 g/mol. The molecule has 0 atom stereocenters. The lowest BCUT2D eigenvalue weighted by atomic mass is 10.0. The summed E-state index contributed by atoms with van der Waals surface area (Å²) in [4.78, 5) is 21.3. The molecule has 0 heterocycles. The third-order valence-corrected chi connectivity index (χ3v) is 1.67. The molecule has 0 amide bonds. The zero-order valence-electron chi connectivity index (χ0n) is 8.15. The van der Waals surface area contributed by atoms with E-state index in [0.29, 0.717) is 6.42 Å². The van der Waals surface area contributed by atoms with E-state index in [1.165, 1.54) is 0 Å². The van der Waals surface area contributed by atoms with Crippen LogP contribution in [0.25, 0.3) is 0 Å². The summed E-state index contributed by atoms with van der Waals surface area (Å²) in [6.07, 6.45) is -5.34. The normalized spacial score (nSPS) is 11.9. The first-order valence-corrected chi connectivity index (χ1v) is 4.35. The molecular weight excluding hydrogens is 197 g/mol. The first-order valence-electron chi connectivity index (χ1n) is 4.35. The highest BCUT2D eigenvalue weighted by Gasteiger charge is 2.38. The van der Waals surface area contributed by atoms with Gasteiger partial charge in [-0.3, -0.25) is 9.59 Å². The molecule has 0 aliphatic heterocycles. The van der Waals surface area contributed by atoms with E-state index in [4.69, 9.17) is 0 Å². The van der Waals surface area contributed by atoms with Crippen molar-refractivity contribution in [3.8, 4) is 0 Å². The molecule has 0 aromatic heterocycles.